The van der Waals surface area contributed by atoms with Gasteiger partial charge in [0.1, 0.15) is 5.67 Å². The van der Waals surface area contributed by atoms with Crippen LogP contribution in [0.15, 0.2) is 22.7 Å². The Labute approximate surface area is 127 Å². The lowest BCUT2D eigenvalue weighted by molar-refractivity contribution is -0.145. The smallest absolute Gasteiger partial charge is 0.314 e. The molecule has 1 aliphatic rings. The van der Waals surface area contributed by atoms with E-state index in [1.807, 2.05) is 0 Å². The molecule has 0 heterocycles. The number of halogens is 2. The molecule has 1 fully saturated rings. The van der Waals surface area contributed by atoms with E-state index in [9.17, 15) is 14.3 Å². The van der Waals surface area contributed by atoms with Crippen molar-refractivity contribution in [1.82, 2.24) is 0 Å². The highest BCUT2D eigenvalue weighted by atomic mass is 79.9. The Morgan fingerprint density at radius 2 is 1.90 bits per heavy atom. The van der Waals surface area contributed by atoms with Crippen LogP contribution < -0.4 is 0 Å². The Balaban J connectivity index is 2.46. The van der Waals surface area contributed by atoms with Crippen LogP contribution >= 0.6 is 15.9 Å². The summed E-state index contributed by atoms with van der Waals surface area (Å²) in [4.78, 5) is 11.8. The van der Waals surface area contributed by atoms with Crippen molar-refractivity contribution < 1.29 is 14.3 Å². The highest BCUT2D eigenvalue weighted by Gasteiger charge is 2.41. The Morgan fingerprint density at radius 1 is 1.30 bits per heavy atom. The van der Waals surface area contributed by atoms with Crippen molar-refractivity contribution in [3.05, 3.63) is 33.8 Å². The molecule has 1 saturated carbocycles. The maximum absolute atomic E-state index is 14.1. The fourth-order valence-electron chi connectivity index (χ4n) is 3.08. The number of aliphatic carboxylic acids is 1. The van der Waals surface area contributed by atoms with Crippen LogP contribution in [-0.2, 0) is 15.9 Å². The average molecular weight is 343 g/mol. The molecule has 0 spiro atoms. The van der Waals surface area contributed by atoms with Gasteiger partial charge in [-0.25, -0.2) is 4.39 Å². The molecule has 1 aliphatic carbocycles. The number of alkyl halides is 1. The third-order valence-corrected chi connectivity index (χ3v) is 4.93. The monoisotopic (exact) mass is 342 g/mol. The first-order valence-corrected chi connectivity index (χ1v) is 7.79. The van der Waals surface area contributed by atoms with Gasteiger partial charge in [-0.05, 0) is 38.3 Å². The van der Waals surface area contributed by atoms with E-state index in [4.69, 9.17) is 0 Å². The van der Waals surface area contributed by atoms with E-state index in [-0.39, 0.29) is 0 Å². The molecule has 1 aromatic rings. The second-order valence-corrected chi connectivity index (χ2v) is 6.97. The largest absolute Gasteiger partial charge is 0.481 e. The second kappa shape index (κ2) is 5.47. The van der Waals surface area contributed by atoms with Crippen molar-refractivity contribution in [1.29, 1.82) is 0 Å². The Hall–Kier alpha value is -0.900. The number of carboxylic acid groups (broad SMARTS) is 1. The van der Waals surface area contributed by atoms with E-state index in [0.29, 0.717) is 22.9 Å². The summed E-state index contributed by atoms with van der Waals surface area (Å²) >= 11 is 3.39. The van der Waals surface area contributed by atoms with Crippen molar-refractivity contribution in [2.45, 2.75) is 57.0 Å². The molecular formula is C16H20BrFO2. The van der Waals surface area contributed by atoms with E-state index in [1.165, 1.54) is 13.8 Å². The van der Waals surface area contributed by atoms with Crippen molar-refractivity contribution in [2.24, 2.45) is 0 Å². The quantitative estimate of drug-likeness (QED) is 0.844. The lowest BCUT2D eigenvalue weighted by Gasteiger charge is -2.34. The van der Waals surface area contributed by atoms with E-state index >= 15 is 0 Å². The molecular weight excluding hydrogens is 323 g/mol. The molecule has 0 radical (unpaired) electrons. The van der Waals surface area contributed by atoms with Gasteiger partial charge in [-0.2, -0.15) is 0 Å². The number of hydrogen-bond acceptors (Lipinski definition) is 1. The van der Waals surface area contributed by atoms with Gasteiger partial charge in [0, 0.05) is 10.0 Å². The summed E-state index contributed by atoms with van der Waals surface area (Å²) < 4.78 is 14.7. The van der Waals surface area contributed by atoms with E-state index < -0.39 is 17.1 Å². The maximum atomic E-state index is 14.1. The minimum absolute atomic E-state index is 0.553. The fraction of sp³-hybridized carbons (Fsp3) is 0.562. The molecule has 1 N–H and O–H groups in total. The van der Waals surface area contributed by atoms with Gasteiger partial charge in [0.2, 0.25) is 0 Å². The van der Waals surface area contributed by atoms with Crippen LogP contribution in [0, 0.1) is 0 Å². The summed E-state index contributed by atoms with van der Waals surface area (Å²) in [6.45, 7) is 3.00. The minimum Gasteiger partial charge on any atom is -0.481 e. The van der Waals surface area contributed by atoms with E-state index in [2.05, 4.69) is 15.9 Å². The Bertz CT molecular complexity index is 514. The molecule has 20 heavy (non-hydrogen) atoms. The summed E-state index contributed by atoms with van der Waals surface area (Å²) in [6, 6.07) is 5.27. The molecule has 0 bridgehead atoms. The van der Waals surface area contributed by atoms with Crippen molar-refractivity contribution >= 4 is 21.9 Å². The number of benzene rings is 1. The molecule has 0 saturated heterocycles. The van der Waals surface area contributed by atoms with Crippen LogP contribution in [0.5, 0.6) is 0 Å². The first kappa shape index (κ1) is 15.5. The third kappa shape index (κ3) is 2.76. The van der Waals surface area contributed by atoms with Crippen LogP contribution in [0.3, 0.4) is 0 Å². The van der Waals surface area contributed by atoms with Crippen molar-refractivity contribution in [2.75, 3.05) is 0 Å². The molecule has 2 rings (SSSR count). The van der Waals surface area contributed by atoms with Crippen LogP contribution in [0.25, 0.3) is 0 Å². The summed E-state index contributed by atoms with van der Waals surface area (Å²) in [5.74, 6) is -0.767. The van der Waals surface area contributed by atoms with Gasteiger partial charge >= 0.3 is 5.97 Å². The summed E-state index contributed by atoms with van der Waals surface area (Å²) in [7, 11) is 0. The number of carbonyl (C=O) groups is 1. The molecule has 1 aromatic carbocycles. The highest BCUT2D eigenvalue weighted by Crippen LogP contribution is 2.42. The maximum Gasteiger partial charge on any atom is 0.314 e. The predicted octanol–water partition coefficient (Wildman–Crippen LogP) is 4.94. The number of hydrogen-bond donors (Lipinski definition) is 1. The van der Waals surface area contributed by atoms with Gasteiger partial charge in [-0.3, -0.25) is 4.79 Å². The van der Waals surface area contributed by atoms with Gasteiger partial charge in [0.15, 0.2) is 0 Å². The van der Waals surface area contributed by atoms with Gasteiger partial charge < -0.3 is 5.11 Å². The molecule has 0 atom stereocenters. The van der Waals surface area contributed by atoms with Crippen LogP contribution in [0.1, 0.15) is 57.1 Å². The van der Waals surface area contributed by atoms with Crippen LogP contribution in [-0.4, -0.2) is 11.1 Å². The van der Waals surface area contributed by atoms with Crippen LogP contribution in [0.2, 0.25) is 0 Å². The topological polar surface area (TPSA) is 37.3 Å². The zero-order valence-corrected chi connectivity index (χ0v) is 13.5. The zero-order valence-electron chi connectivity index (χ0n) is 11.9. The van der Waals surface area contributed by atoms with E-state index in [1.54, 1.807) is 18.2 Å². The third-order valence-electron chi connectivity index (χ3n) is 4.28. The lowest BCUT2D eigenvalue weighted by atomic mass is 9.69. The Morgan fingerprint density at radius 3 is 2.35 bits per heavy atom. The summed E-state index contributed by atoms with van der Waals surface area (Å²) in [5.41, 5.74) is -0.915. The SMILES string of the molecule is CC(C)(F)c1ccc(C2(C(=O)O)CCCCC2)cc1Br. The van der Waals surface area contributed by atoms with E-state index in [0.717, 1.165) is 24.8 Å². The molecule has 2 nitrogen and oxygen atoms in total. The average Bonchev–Trinajstić information content (AvgIpc) is 2.37. The Kier molecular flexibility index (Phi) is 4.24. The van der Waals surface area contributed by atoms with Gasteiger partial charge in [0.25, 0.3) is 0 Å². The highest BCUT2D eigenvalue weighted by molar-refractivity contribution is 9.10. The second-order valence-electron chi connectivity index (χ2n) is 6.12. The first-order chi connectivity index (χ1) is 9.27. The summed E-state index contributed by atoms with van der Waals surface area (Å²) in [6.07, 6.45) is 4.27. The molecule has 0 aromatic heterocycles. The molecule has 0 unspecified atom stereocenters. The number of carboxylic acids is 1. The fourth-order valence-corrected chi connectivity index (χ4v) is 3.93. The zero-order chi connectivity index (χ0) is 15.0. The van der Waals surface area contributed by atoms with Gasteiger partial charge in [-0.1, -0.05) is 47.3 Å². The molecule has 0 amide bonds. The minimum atomic E-state index is -1.44. The van der Waals surface area contributed by atoms with Crippen LogP contribution in [0.4, 0.5) is 4.39 Å². The standard InChI is InChI=1S/C16H20BrFO2/c1-15(2,18)12-7-6-11(10-13(12)17)16(14(19)20)8-4-3-5-9-16/h6-7,10H,3-5,8-9H2,1-2H3,(H,19,20). The van der Waals surface area contributed by atoms with Gasteiger partial charge in [0.05, 0.1) is 5.41 Å². The first-order valence-electron chi connectivity index (χ1n) is 7.00. The summed E-state index contributed by atoms with van der Waals surface area (Å²) in [5, 5.41) is 9.67. The lowest BCUT2D eigenvalue weighted by Crippen LogP contribution is -2.37. The normalized spacial score (nSPS) is 18.8. The molecule has 110 valence electrons. The van der Waals surface area contributed by atoms with Crippen molar-refractivity contribution in [3.63, 3.8) is 0 Å². The van der Waals surface area contributed by atoms with Gasteiger partial charge in [-0.15, -0.1) is 0 Å². The molecule has 4 heteroatoms. The predicted molar refractivity (Wildman–Crippen MR) is 80.7 cm³/mol. The van der Waals surface area contributed by atoms with Crippen molar-refractivity contribution in [3.8, 4) is 0 Å². The number of rotatable bonds is 3. The molecule has 0 aliphatic heterocycles.